The molecule has 0 aromatic rings. The Morgan fingerprint density at radius 2 is 2.20 bits per heavy atom. The first-order valence-electron chi connectivity index (χ1n) is 5.69. The summed E-state index contributed by atoms with van der Waals surface area (Å²) in [4.78, 5) is 10.3. The number of hydrogen-bond acceptors (Lipinski definition) is 3. The Labute approximate surface area is 92.0 Å². The topological polar surface area (TPSA) is 58.6 Å². The number of aliphatic carboxylic acids is 1. The van der Waals surface area contributed by atoms with Crippen molar-refractivity contribution in [2.75, 3.05) is 19.8 Å². The highest BCUT2D eigenvalue weighted by atomic mass is 16.5. The van der Waals surface area contributed by atoms with Gasteiger partial charge in [0.1, 0.15) is 0 Å². The molecule has 0 aliphatic rings. The van der Waals surface area contributed by atoms with Crippen molar-refractivity contribution in [2.45, 2.75) is 45.6 Å². The van der Waals surface area contributed by atoms with Crippen LogP contribution in [0, 0.1) is 0 Å². The van der Waals surface area contributed by atoms with Crippen LogP contribution in [0.2, 0.25) is 0 Å². The zero-order valence-corrected chi connectivity index (χ0v) is 9.79. The van der Waals surface area contributed by atoms with E-state index >= 15 is 0 Å². The van der Waals surface area contributed by atoms with Crippen LogP contribution in [-0.4, -0.2) is 36.9 Å². The van der Waals surface area contributed by atoms with Gasteiger partial charge >= 0.3 is 5.97 Å². The Morgan fingerprint density at radius 3 is 2.80 bits per heavy atom. The van der Waals surface area contributed by atoms with Crippen molar-refractivity contribution >= 4 is 5.97 Å². The van der Waals surface area contributed by atoms with Gasteiger partial charge in [0.2, 0.25) is 0 Å². The van der Waals surface area contributed by atoms with Gasteiger partial charge in [-0.05, 0) is 19.8 Å². The lowest BCUT2D eigenvalue weighted by molar-refractivity contribution is -0.137. The van der Waals surface area contributed by atoms with Gasteiger partial charge in [0.25, 0.3) is 0 Å². The third kappa shape index (κ3) is 11.3. The van der Waals surface area contributed by atoms with Gasteiger partial charge in [-0.3, -0.25) is 4.79 Å². The monoisotopic (exact) mass is 217 g/mol. The molecule has 4 heteroatoms. The Morgan fingerprint density at radius 1 is 1.47 bits per heavy atom. The molecule has 0 aromatic heterocycles. The van der Waals surface area contributed by atoms with Crippen molar-refractivity contribution in [3.8, 4) is 0 Å². The molecular formula is C11H23NO3. The van der Waals surface area contributed by atoms with E-state index in [1.54, 1.807) is 0 Å². The molecule has 0 bridgehead atoms. The number of carboxylic acids is 1. The van der Waals surface area contributed by atoms with Crippen LogP contribution in [0.1, 0.15) is 39.5 Å². The molecule has 2 N–H and O–H groups in total. The highest BCUT2D eigenvalue weighted by Gasteiger charge is 2.03. The van der Waals surface area contributed by atoms with Gasteiger partial charge in [-0.15, -0.1) is 0 Å². The molecular weight excluding hydrogens is 194 g/mol. The third-order valence-corrected chi connectivity index (χ3v) is 2.17. The summed E-state index contributed by atoms with van der Waals surface area (Å²) in [5.74, 6) is -0.733. The molecule has 4 nitrogen and oxygen atoms in total. The predicted octanol–water partition coefficient (Wildman–Crippen LogP) is 1.65. The molecule has 0 heterocycles. The highest BCUT2D eigenvalue weighted by molar-refractivity contribution is 5.66. The van der Waals surface area contributed by atoms with E-state index in [9.17, 15) is 4.79 Å². The average molecular weight is 217 g/mol. The molecule has 15 heavy (non-hydrogen) atoms. The number of hydrogen-bond donors (Lipinski definition) is 2. The number of carboxylic acid groups (broad SMARTS) is 1. The molecule has 90 valence electrons. The molecule has 1 unspecified atom stereocenters. The first-order chi connectivity index (χ1) is 7.16. The fourth-order valence-electron chi connectivity index (χ4n) is 1.17. The first-order valence-corrected chi connectivity index (χ1v) is 5.69. The molecule has 0 aliphatic carbocycles. The van der Waals surface area contributed by atoms with Gasteiger partial charge < -0.3 is 15.2 Å². The van der Waals surface area contributed by atoms with E-state index in [-0.39, 0.29) is 12.5 Å². The van der Waals surface area contributed by atoms with Gasteiger partial charge in [-0.25, -0.2) is 0 Å². The number of unbranched alkanes of at least 4 members (excludes halogenated alkanes) is 1. The Bertz CT molecular complexity index is 162. The Hall–Kier alpha value is -0.610. The molecule has 0 amide bonds. The van der Waals surface area contributed by atoms with Crippen LogP contribution >= 0.6 is 0 Å². The summed E-state index contributed by atoms with van der Waals surface area (Å²) in [5, 5.41) is 11.7. The number of carbonyl (C=O) groups is 1. The van der Waals surface area contributed by atoms with E-state index < -0.39 is 5.97 Å². The second-order valence-corrected chi connectivity index (χ2v) is 3.75. The van der Waals surface area contributed by atoms with E-state index in [1.165, 1.54) is 0 Å². The Kier molecular flexibility index (Phi) is 9.52. The zero-order valence-electron chi connectivity index (χ0n) is 9.79. The summed E-state index contributed by atoms with van der Waals surface area (Å²) in [6, 6.07) is 0.246. The lowest BCUT2D eigenvalue weighted by Gasteiger charge is -2.12. The van der Waals surface area contributed by atoms with Crippen molar-refractivity contribution < 1.29 is 14.6 Å². The quantitative estimate of drug-likeness (QED) is 0.546. The van der Waals surface area contributed by atoms with Crippen LogP contribution in [0.5, 0.6) is 0 Å². The van der Waals surface area contributed by atoms with Crippen molar-refractivity contribution in [1.29, 1.82) is 0 Å². The van der Waals surface area contributed by atoms with Crippen molar-refractivity contribution in [3.63, 3.8) is 0 Å². The SMILES string of the molecule is CCCCOCCNC(C)CCC(=O)O. The summed E-state index contributed by atoms with van der Waals surface area (Å²) >= 11 is 0. The maximum Gasteiger partial charge on any atom is 0.303 e. The number of rotatable bonds is 10. The smallest absolute Gasteiger partial charge is 0.303 e. The molecule has 0 aliphatic heterocycles. The van der Waals surface area contributed by atoms with Crippen LogP contribution < -0.4 is 5.32 Å². The highest BCUT2D eigenvalue weighted by Crippen LogP contribution is 1.95. The van der Waals surface area contributed by atoms with Crippen molar-refractivity contribution in [1.82, 2.24) is 5.32 Å². The fourth-order valence-corrected chi connectivity index (χ4v) is 1.17. The second-order valence-electron chi connectivity index (χ2n) is 3.75. The molecule has 0 radical (unpaired) electrons. The maximum absolute atomic E-state index is 10.3. The normalized spacial score (nSPS) is 12.7. The van der Waals surface area contributed by atoms with Crippen LogP contribution in [0.3, 0.4) is 0 Å². The standard InChI is InChI=1S/C11H23NO3/c1-3-4-8-15-9-7-12-10(2)5-6-11(13)14/h10,12H,3-9H2,1-2H3,(H,13,14). The molecule has 1 atom stereocenters. The predicted molar refractivity (Wildman–Crippen MR) is 60.1 cm³/mol. The number of ether oxygens (including phenoxy) is 1. The summed E-state index contributed by atoms with van der Waals surface area (Å²) in [5.41, 5.74) is 0. The van der Waals surface area contributed by atoms with E-state index in [0.717, 1.165) is 26.0 Å². The summed E-state index contributed by atoms with van der Waals surface area (Å²) in [7, 11) is 0. The maximum atomic E-state index is 10.3. The summed E-state index contributed by atoms with van der Waals surface area (Å²) in [6.45, 7) is 6.45. The average Bonchev–Trinajstić information content (AvgIpc) is 2.20. The summed E-state index contributed by atoms with van der Waals surface area (Å²) < 4.78 is 5.37. The van der Waals surface area contributed by atoms with Gasteiger partial charge in [-0.2, -0.15) is 0 Å². The minimum Gasteiger partial charge on any atom is -0.481 e. The van der Waals surface area contributed by atoms with E-state index in [2.05, 4.69) is 12.2 Å². The van der Waals surface area contributed by atoms with Crippen LogP contribution in [0.25, 0.3) is 0 Å². The van der Waals surface area contributed by atoms with Crippen LogP contribution in [-0.2, 0) is 9.53 Å². The minimum absolute atomic E-state index is 0.227. The minimum atomic E-state index is -0.733. The van der Waals surface area contributed by atoms with Crippen LogP contribution in [0.4, 0.5) is 0 Å². The molecule has 0 spiro atoms. The molecule has 0 aromatic carbocycles. The first kappa shape index (κ1) is 14.4. The fraction of sp³-hybridized carbons (Fsp3) is 0.909. The molecule has 0 saturated heterocycles. The lowest BCUT2D eigenvalue weighted by atomic mass is 10.2. The van der Waals surface area contributed by atoms with Gasteiger partial charge in [0.05, 0.1) is 6.61 Å². The zero-order chi connectivity index (χ0) is 11.5. The second kappa shape index (κ2) is 9.93. The van der Waals surface area contributed by atoms with Gasteiger partial charge in [0, 0.05) is 25.6 Å². The van der Waals surface area contributed by atoms with Crippen molar-refractivity contribution in [2.24, 2.45) is 0 Å². The summed E-state index contributed by atoms with van der Waals surface area (Å²) in [6.07, 6.45) is 3.16. The molecule has 0 fully saturated rings. The molecule has 0 saturated carbocycles. The van der Waals surface area contributed by atoms with Crippen molar-refractivity contribution in [3.05, 3.63) is 0 Å². The van der Waals surface area contributed by atoms with E-state index in [1.807, 2.05) is 6.92 Å². The largest absolute Gasteiger partial charge is 0.481 e. The Balaban J connectivity index is 3.16. The molecule has 0 rings (SSSR count). The number of nitrogens with one attached hydrogen (secondary N) is 1. The van der Waals surface area contributed by atoms with Gasteiger partial charge in [-0.1, -0.05) is 13.3 Å². The van der Waals surface area contributed by atoms with E-state index in [4.69, 9.17) is 9.84 Å². The third-order valence-electron chi connectivity index (χ3n) is 2.17. The van der Waals surface area contributed by atoms with Crippen LogP contribution in [0.15, 0.2) is 0 Å². The lowest BCUT2D eigenvalue weighted by Crippen LogP contribution is -2.30. The van der Waals surface area contributed by atoms with E-state index in [0.29, 0.717) is 13.0 Å². The van der Waals surface area contributed by atoms with Gasteiger partial charge in [0.15, 0.2) is 0 Å².